The molecule has 0 aromatic heterocycles. The van der Waals surface area contributed by atoms with E-state index in [0.717, 1.165) is 31.1 Å². The maximum Gasteiger partial charge on any atom is 0.123 e. The molecule has 1 unspecified atom stereocenters. The summed E-state index contributed by atoms with van der Waals surface area (Å²) in [7, 11) is 0. The molecular formula is C15H23FN2. The van der Waals surface area contributed by atoms with Crippen LogP contribution < -0.4 is 5.73 Å². The van der Waals surface area contributed by atoms with Crippen LogP contribution in [-0.2, 0) is 0 Å². The second-order valence-corrected chi connectivity index (χ2v) is 5.31. The standard InChI is InChI=1S/C15H23FN2/c1-2-18(10-12-4-3-5-12)11-15(17)13-6-8-14(16)9-7-13/h6-9,12,15H,2-5,10-11,17H2,1H3. The van der Waals surface area contributed by atoms with Crippen LogP contribution in [0.4, 0.5) is 4.39 Å². The highest BCUT2D eigenvalue weighted by Crippen LogP contribution is 2.27. The van der Waals surface area contributed by atoms with Crippen molar-refractivity contribution in [1.82, 2.24) is 4.90 Å². The van der Waals surface area contributed by atoms with E-state index in [4.69, 9.17) is 5.73 Å². The molecule has 0 amide bonds. The molecule has 0 bridgehead atoms. The molecule has 0 saturated heterocycles. The Kier molecular flexibility index (Phi) is 4.72. The summed E-state index contributed by atoms with van der Waals surface area (Å²) in [4.78, 5) is 2.41. The van der Waals surface area contributed by atoms with Gasteiger partial charge in [0.1, 0.15) is 5.82 Å². The monoisotopic (exact) mass is 250 g/mol. The Morgan fingerprint density at radius 1 is 1.33 bits per heavy atom. The molecule has 100 valence electrons. The fourth-order valence-corrected chi connectivity index (χ4v) is 2.47. The van der Waals surface area contributed by atoms with Gasteiger partial charge in [-0.15, -0.1) is 0 Å². The molecule has 2 rings (SSSR count). The summed E-state index contributed by atoms with van der Waals surface area (Å²) in [5.41, 5.74) is 7.21. The second kappa shape index (κ2) is 6.30. The number of nitrogens with two attached hydrogens (primary N) is 1. The minimum atomic E-state index is -0.201. The van der Waals surface area contributed by atoms with Gasteiger partial charge in [0.05, 0.1) is 0 Å². The molecule has 1 saturated carbocycles. The minimum absolute atomic E-state index is 0.0226. The zero-order valence-electron chi connectivity index (χ0n) is 11.1. The zero-order valence-corrected chi connectivity index (χ0v) is 11.1. The number of rotatable bonds is 6. The van der Waals surface area contributed by atoms with Gasteiger partial charge in [-0.1, -0.05) is 25.5 Å². The van der Waals surface area contributed by atoms with Gasteiger partial charge in [0.2, 0.25) is 0 Å². The maximum absolute atomic E-state index is 12.9. The normalized spacial score (nSPS) is 17.8. The Bertz CT molecular complexity index is 359. The van der Waals surface area contributed by atoms with E-state index >= 15 is 0 Å². The Labute approximate surface area is 109 Å². The fraction of sp³-hybridized carbons (Fsp3) is 0.600. The van der Waals surface area contributed by atoms with Crippen LogP contribution in [0.5, 0.6) is 0 Å². The summed E-state index contributed by atoms with van der Waals surface area (Å²) in [5, 5.41) is 0. The molecule has 0 aliphatic heterocycles. The van der Waals surface area contributed by atoms with Gasteiger partial charge in [-0.2, -0.15) is 0 Å². The molecule has 1 aromatic rings. The predicted molar refractivity (Wildman–Crippen MR) is 72.8 cm³/mol. The van der Waals surface area contributed by atoms with Gasteiger partial charge < -0.3 is 10.6 Å². The number of hydrogen-bond donors (Lipinski definition) is 1. The number of nitrogens with zero attached hydrogens (tertiary/aromatic N) is 1. The van der Waals surface area contributed by atoms with Crippen molar-refractivity contribution in [2.45, 2.75) is 32.2 Å². The van der Waals surface area contributed by atoms with E-state index in [-0.39, 0.29) is 11.9 Å². The summed E-state index contributed by atoms with van der Waals surface area (Å²) in [5.74, 6) is 0.665. The van der Waals surface area contributed by atoms with Gasteiger partial charge in [0.15, 0.2) is 0 Å². The quantitative estimate of drug-likeness (QED) is 0.841. The van der Waals surface area contributed by atoms with E-state index in [9.17, 15) is 4.39 Å². The largest absolute Gasteiger partial charge is 0.323 e. The van der Waals surface area contributed by atoms with Crippen molar-refractivity contribution in [3.8, 4) is 0 Å². The first-order chi connectivity index (χ1) is 8.69. The van der Waals surface area contributed by atoms with Crippen LogP contribution in [0.2, 0.25) is 0 Å². The van der Waals surface area contributed by atoms with Crippen molar-refractivity contribution in [2.24, 2.45) is 11.7 Å². The first kappa shape index (κ1) is 13.5. The van der Waals surface area contributed by atoms with Crippen molar-refractivity contribution in [3.63, 3.8) is 0 Å². The van der Waals surface area contributed by atoms with E-state index in [1.54, 1.807) is 12.1 Å². The number of likely N-dealkylation sites (N-methyl/N-ethyl adjacent to an activating group) is 1. The molecule has 18 heavy (non-hydrogen) atoms. The van der Waals surface area contributed by atoms with Gasteiger partial charge in [0, 0.05) is 19.1 Å². The molecular weight excluding hydrogens is 227 g/mol. The highest BCUT2D eigenvalue weighted by molar-refractivity contribution is 5.19. The Morgan fingerprint density at radius 3 is 2.50 bits per heavy atom. The van der Waals surface area contributed by atoms with Gasteiger partial charge in [-0.25, -0.2) is 4.39 Å². The highest BCUT2D eigenvalue weighted by Gasteiger charge is 2.21. The third-order valence-corrected chi connectivity index (χ3v) is 3.94. The van der Waals surface area contributed by atoms with E-state index in [1.807, 2.05) is 0 Å². The Morgan fingerprint density at radius 2 is 2.00 bits per heavy atom. The molecule has 1 aliphatic rings. The molecule has 0 radical (unpaired) electrons. The van der Waals surface area contributed by atoms with Gasteiger partial charge in [-0.3, -0.25) is 0 Å². The molecule has 2 N–H and O–H groups in total. The van der Waals surface area contributed by atoms with Crippen LogP contribution in [-0.4, -0.2) is 24.5 Å². The lowest BCUT2D eigenvalue weighted by Gasteiger charge is -2.33. The molecule has 1 atom stereocenters. The fourth-order valence-electron chi connectivity index (χ4n) is 2.47. The molecule has 1 aromatic carbocycles. The third-order valence-electron chi connectivity index (χ3n) is 3.94. The van der Waals surface area contributed by atoms with E-state index in [1.165, 1.54) is 31.4 Å². The van der Waals surface area contributed by atoms with Crippen molar-refractivity contribution >= 4 is 0 Å². The summed E-state index contributed by atoms with van der Waals surface area (Å²) >= 11 is 0. The first-order valence-corrected chi connectivity index (χ1v) is 6.92. The summed E-state index contributed by atoms with van der Waals surface area (Å²) in [6, 6.07) is 6.52. The minimum Gasteiger partial charge on any atom is -0.323 e. The lowest BCUT2D eigenvalue weighted by molar-refractivity contribution is 0.176. The molecule has 2 nitrogen and oxygen atoms in total. The number of hydrogen-bond acceptors (Lipinski definition) is 2. The lowest BCUT2D eigenvalue weighted by Crippen LogP contribution is -2.37. The van der Waals surface area contributed by atoms with E-state index < -0.39 is 0 Å². The van der Waals surface area contributed by atoms with Crippen molar-refractivity contribution in [2.75, 3.05) is 19.6 Å². The van der Waals surface area contributed by atoms with Crippen LogP contribution in [0.15, 0.2) is 24.3 Å². The van der Waals surface area contributed by atoms with E-state index in [0.29, 0.717) is 0 Å². The summed E-state index contributed by atoms with van der Waals surface area (Å²) in [6.45, 7) is 5.23. The van der Waals surface area contributed by atoms with Crippen molar-refractivity contribution in [1.29, 1.82) is 0 Å². The van der Waals surface area contributed by atoms with Crippen LogP contribution in [0, 0.1) is 11.7 Å². The third kappa shape index (κ3) is 3.53. The van der Waals surface area contributed by atoms with Crippen LogP contribution >= 0.6 is 0 Å². The van der Waals surface area contributed by atoms with Gasteiger partial charge >= 0.3 is 0 Å². The smallest absolute Gasteiger partial charge is 0.123 e. The molecule has 0 heterocycles. The second-order valence-electron chi connectivity index (χ2n) is 5.31. The van der Waals surface area contributed by atoms with Gasteiger partial charge in [-0.05, 0) is 43.0 Å². The lowest BCUT2D eigenvalue weighted by atomic mass is 9.85. The molecule has 1 fully saturated rings. The van der Waals surface area contributed by atoms with Crippen molar-refractivity contribution in [3.05, 3.63) is 35.6 Å². The topological polar surface area (TPSA) is 29.3 Å². The highest BCUT2D eigenvalue weighted by atomic mass is 19.1. The van der Waals surface area contributed by atoms with Crippen LogP contribution in [0.25, 0.3) is 0 Å². The SMILES string of the molecule is CCN(CC1CCC1)CC(N)c1ccc(F)cc1. The van der Waals surface area contributed by atoms with Gasteiger partial charge in [0.25, 0.3) is 0 Å². The molecule has 3 heteroatoms. The summed E-state index contributed by atoms with van der Waals surface area (Å²) < 4.78 is 12.9. The molecule has 1 aliphatic carbocycles. The first-order valence-electron chi connectivity index (χ1n) is 6.92. The predicted octanol–water partition coefficient (Wildman–Crippen LogP) is 2.95. The van der Waals surface area contributed by atoms with Crippen LogP contribution in [0.3, 0.4) is 0 Å². The number of halogens is 1. The molecule has 0 spiro atoms. The average Bonchev–Trinajstić information content (AvgIpc) is 2.32. The van der Waals surface area contributed by atoms with E-state index in [2.05, 4.69) is 11.8 Å². The summed E-state index contributed by atoms with van der Waals surface area (Å²) in [6.07, 6.45) is 4.11. The Hall–Kier alpha value is -0.930. The maximum atomic E-state index is 12.9. The number of benzene rings is 1. The average molecular weight is 250 g/mol. The van der Waals surface area contributed by atoms with Crippen LogP contribution in [0.1, 0.15) is 37.8 Å². The van der Waals surface area contributed by atoms with Crippen molar-refractivity contribution < 1.29 is 4.39 Å². The zero-order chi connectivity index (χ0) is 13.0. The Balaban J connectivity index is 1.87.